The van der Waals surface area contributed by atoms with Crippen molar-refractivity contribution < 1.29 is 18.3 Å². The van der Waals surface area contributed by atoms with E-state index in [9.17, 15) is 13.6 Å². The van der Waals surface area contributed by atoms with Crippen LogP contribution in [0.25, 0.3) is 0 Å². The maximum absolute atomic E-state index is 13.4. The van der Waals surface area contributed by atoms with Crippen LogP contribution < -0.4 is 0 Å². The fourth-order valence-corrected chi connectivity index (χ4v) is 2.09. The van der Waals surface area contributed by atoms with E-state index < -0.39 is 17.8 Å². The molecule has 0 spiro atoms. The summed E-state index contributed by atoms with van der Waals surface area (Å²) in [6.45, 7) is 3.40. The molecule has 0 aliphatic heterocycles. The van der Waals surface area contributed by atoms with Crippen LogP contribution in [0.15, 0.2) is 0 Å². The average molecular weight is 334 g/mol. The number of halogens is 3. The molecular formula is C10H17F2IO2. The van der Waals surface area contributed by atoms with Gasteiger partial charge in [-0.3, -0.25) is 0 Å². The molecule has 0 aliphatic rings. The van der Waals surface area contributed by atoms with Crippen LogP contribution >= 0.6 is 22.6 Å². The van der Waals surface area contributed by atoms with Crippen molar-refractivity contribution in [2.45, 2.75) is 43.0 Å². The molecule has 0 aromatic heterocycles. The highest BCUT2D eigenvalue weighted by atomic mass is 127. The van der Waals surface area contributed by atoms with Crippen LogP contribution in [0.5, 0.6) is 0 Å². The Balaban J connectivity index is 4.39. The number of unbranched alkanes of at least 4 members (excludes halogenated alkanes) is 1. The SMILES string of the molecule is CCCCC(I)C(C)C(F)(F)C(=O)OC. The van der Waals surface area contributed by atoms with Crippen molar-refractivity contribution in [3.63, 3.8) is 0 Å². The number of methoxy groups -OCH3 is 1. The van der Waals surface area contributed by atoms with Gasteiger partial charge in [0.2, 0.25) is 0 Å². The van der Waals surface area contributed by atoms with Crippen LogP contribution in [0.4, 0.5) is 8.78 Å². The lowest BCUT2D eigenvalue weighted by molar-refractivity contribution is -0.176. The van der Waals surface area contributed by atoms with Crippen molar-refractivity contribution in [3.05, 3.63) is 0 Å². The molecule has 0 fully saturated rings. The molecule has 2 unspecified atom stereocenters. The van der Waals surface area contributed by atoms with Crippen LogP contribution in [0.1, 0.15) is 33.1 Å². The Hall–Kier alpha value is 0.0600. The van der Waals surface area contributed by atoms with Crippen molar-refractivity contribution in [2.24, 2.45) is 5.92 Å². The molecule has 0 aromatic carbocycles. The van der Waals surface area contributed by atoms with Gasteiger partial charge in [-0.15, -0.1) is 0 Å². The van der Waals surface area contributed by atoms with E-state index in [0.29, 0.717) is 6.42 Å². The molecule has 2 atom stereocenters. The van der Waals surface area contributed by atoms with Gasteiger partial charge in [0.25, 0.3) is 0 Å². The van der Waals surface area contributed by atoms with E-state index in [1.807, 2.05) is 29.5 Å². The number of hydrogen-bond acceptors (Lipinski definition) is 2. The second-order valence-corrected chi connectivity index (χ2v) is 5.16. The zero-order valence-corrected chi connectivity index (χ0v) is 11.4. The molecule has 0 bridgehead atoms. The number of carbonyl (C=O) groups excluding carboxylic acids is 1. The Bertz CT molecular complexity index is 210. The number of esters is 1. The van der Waals surface area contributed by atoms with E-state index in [-0.39, 0.29) is 3.92 Å². The molecule has 0 radical (unpaired) electrons. The minimum absolute atomic E-state index is 0.211. The molecular weight excluding hydrogens is 317 g/mol. The van der Waals surface area contributed by atoms with Crippen LogP contribution in [0.3, 0.4) is 0 Å². The Morgan fingerprint density at radius 3 is 2.47 bits per heavy atom. The lowest BCUT2D eigenvalue weighted by atomic mass is 9.96. The van der Waals surface area contributed by atoms with Gasteiger partial charge in [-0.1, -0.05) is 49.3 Å². The van der Waals surface area contributed by atoms with E-state index in [1.54, 1.807) is 0 Å². The molecule has 90 valence electrons. The predicted molar refractivity (Wildman–Crippen MR) is 63.5 cm³/mol. The summed E-state index contributed by atoms with van der Waals surface area (Å²) in [6.07, 6.45) is 2.57. The molecule has 0 heterocycles. The standard InChI is InChI=1S/C10H17F2IO2/c1-4-5-6-8(13)7(2)10(11,12)9(14)15-3/h7-8H,4-6H2,1-3H3. The fraction of sp³-hybridized carbons (Fsp3) is 0.900. The van der Waals surface area contributed by atoms with Gasteiger partial charge in [0.1, 0.15) is 0 Å². The Kier molecular flexibility index (Phi) is 6.63. The average Bonchev–Trinajstić information content (AvgIpc) is 2.23. The molecule has 5 heteroatoms. The Morgan fingerprint density at radius 1 is 1.53 bits per heavy atom. The number of carbonyl (C=O) groups is 1. The molecule has 0 N–H and O–H groups in total. The van der Waals surface area contributed by atoms with Crippen molar-refractivity contribution in [1.82, 2.24) is 0 Å². The van der Waals surface area contributed by atoms with Gasteiger partial charge in [0.05, 0.1) is 7.11 Å². The zero-order valence-electron chi connectivity index (χ0n) is 9.23. The topological polar surface area (TPSA) is 26.3 Å². The van der Waals surface area contributed by atoms with Crippen molar-refractivity contribution in [1.29, 1.82) is 0 Å². The summed E-state index contributed by atoms with van der Waals surface area (Å²) in [5, 5.41) is 0. The molecule has 0 aromatic rings. The smallest absolute Gasteiger partial charge is 0.377 e. The van der Waals surface area contributed by atoms with Crippen molar-refractivity contribution in [3.8, 4) is 0 Å². The minimum Gasteiger partial charge on any atom is -0.465 e. The predicted octanol–water partition coefficient (Wildman–Crippen LogP) is 3.42. The van der Waals surface area contributed by atoms with Crippen LogP contribution in [-0.4, -0.2) is 22.9 Å². The van der Waals surface area contributed by atoms with Gasteiger partial charge < -0.3 is 4.74 Å². The third kappa shape index (κ3) is 4.20. The third-order valence-corrected chi connectivity index (χ3v) is 4.11. The number of hydrogen-bond donors (Lipinski definition) is 0. The first-order valence-corrected chi connectivity index (χ1v) is 6.22. The fourth-order valence-electron chi connectivity index (χ4n) is 1.20. The van der Waals surface area contributed by atoms with Gasteiger partial charge >= 0.3 is 11.9 Å². The zero-order chi connectivity index (χ0) is 12.1. The highest BCUT2D eigenvalue weighted by Gasteiger charge is 2.48. The van der Waals surface area contributed by atoms with Crippen LogP contribution in [-0.2, 0) is 9.53 Å². The summed E-state index contributed by atoms with van der Waals surface area (Å²) in [5.41, 5.74) is 0. The normalized spacial score (nSPS) is 15.9. The van der Waals surface area contributed by atoms with Gasteiger partial charge in [-0.2, -0.15) is 8.78 Å². The maximum atomic E-state index is 13.4. The van der Waals surface area contributed by atoms with E-state index in [0.717, 1.165) is 20.0 Å². The Labute approximate surface area is 103 Å². The van der Waals surface area contributed by atoms with Crippen molar-refractivity contribution in [2.75, 3.05) is 7.11 Å². The summed E-state index contributed by atoms with van der Waals surface area (Å²) in [6, 6.07) is 0. The Morgan fingerprint density at radius 2 is 2.07 bits per heavy atom. The molecule has 2 nitrogen and oxygen atoms in total. The lowest BCUT2D eigenvalue weighted by Crippen LogP contribution is -2.40. The quantitative estimate of drug-likeness (QED) is 0.423. The largest absolute Gasteiger partial charge is 0.465 e. The molecule has 0 saturated carbocycles. The number of alkyl halides is 3. The first kappa shape index (κ1) is 15.1. The highest BCUT2D eigenvalue weighted by Crippen LogP contribution is 2.34. The molecule has 0 amide bonds. The first-order valence-electron chi connectivity index (χ1n) is 4.98. The maximum Gasteiger partial charge on any atom is 0.377 e. The molecule has 0 aliphatic carbocycles. The van der Waals surface area contributed by atoms with E-state index in [4.69, 9.17) is 0 Å². The van der Waals surface area contributed by atoms with E-state index in [2.05, 4.69) is 4.74 Å². The van der Waals surface area contributed by atoms with Crippen LogP contribution in [0.2, 0.25) is 0 Å². The van der Waals surface area contributed by atoms with Crippen LogP contribution in [0, 0.1) is 5.92 Å². The number of ether oxygens (including phenoxy) is 1. The molecule has 15 heavy (non-hydrogen) atoms. The summed E-state index contributed by atoms with van der Waals surface area (Å²) in [5.74, 6) is -5.81. The first-order chi connectivity index (χ1) is 6.87. The summed E-state index contributed by atoms with van der Waals surface area (Å²) >= 11 is 1.98. The van der Waals surface area contributed by atoms with Gasteiger partial charge in [-0.25, -0.2) is 4.79 Å². The van der Waals surface area contributed by atoms with E-state index in [1.165, 1.54) is 6.92 Å². The van der Waals surface area contributed by atoms with Gasteiger partial charge in [0, 0.05) is 9.84 Å². The lowest BCUT2D eigenvalue weighted by Gasteiger charge is -2.25. The summed E-state index contributed by atoms with van der Waals surface area (Å²) < 4.78 is 30.7. The second-order valence-electron chi connectivity index (χ2n) is 3.56. The summed E-state index contributed by atoms with van der Waals surface area (Å²) in [4.78, 5) is 10.9. The molecule has 0 rings (SSSR count). The summed E-state index contributed by atoms with van der Waals surface area (Å²) in [7, 11) is 0.983. The van der Waals surface area contributed by atoms with Gasteiger partial charge in [0.15, 0.2) is 0 Å². The highest BCUT2D eigenvalue weighted by molar-refractivity contribution is 14.1. The van der Waals surface area contributed by atoms with Crippen molar-refractivity contribution >= 4 is 28.6 Å². The molecule has 0 saturated heterocycles. The number of rotatable bonds is 6. The monoisotopic (exact) mass is 334 g/mol. The van der Waals surface area contributed by atoms with Gasteiger partial charge in [-0.05, 0) is 6.42 Å². The third-order valence-electron chi connectivity index (χ3n) is 2.41. The second kappa shape index (κ2) is 6.60. The minimum atomic E-state index is -3.38. The van der Waals surface area contributed by atoms with E-state index >= 15 is 0 Å².